The summed E-state index contributed by atoms with van der Waals surface area (Å²) in [6, 6.07) is 10.5. The van der Waals surface area contributed by atoms with Crippen molar-refractivity contribution in [3.63, 3.8) is 0 Å². The number of rotatable bonds is 13. The number of hydrogen-bond donors (Lipinski definition) is 2. The number of hydrogen-bond acceptors (Lipinski definition) is 6. The third kappa shape index (κ3) is 7.35. The van der Waals surface area contributed by atoms with E-state index in [2.05, 4.69) is 37.7 Å². The van der Waals surface area contributed by atoms with E-state index in [0.717, 1.165) is 73.9 Å². The summed E-state index contributed by atoms with van der Waals surface area (Å²) in [5.74, 6) is 2.04. The molecule has 0 radical (unpaired) electrons. The van der Waals surface area contributed by atoms with Crippen molar-refractivity contribution < 1.29 is 9.47 Å². The Bertz CT molecular complexity index is 1160. The lowest BCUT2D eigenvalue weighted by molar-refractivity contribution is 0.286. The number of nitrogens with two attached hydrogens (primary N) is 1. The van der Waals surface area contributed by atoms with Crippen LogP contribution in [0.25, 0.3) is 0 Å². The quantitative estimate of drug-likeness (QED) is 0.242. The first-order chi connectivity index (χ1) is 18.0. The van der Waals surface area contributed by atoms with Gasteiger partial charge in [0.05, 0.1) is 20.0 Å². The molecule has 4 rings (SSSR count). The molecule has 1 aliphatic carbocycles. The van der Waals surface area contributed by atoms with Crippen molar-refractivity contribution in [3.8, 4) is 11.5 Å². The Morgan fingerprint density at radius 3 is 2.76 bits per heavy atom. The number of benzene rings is 1. The Morgan fingerprint density at radius 1 is 1.19 bits per heavy atom. The minimum absolute atomic E-state index is 0.412. The number of aryl methyl sites for hydroxylation is 3. The molecule has 198 valence electrons. The number of aromatic nitrogens is 3. The summed E-state index contributed by atoms with van der Waals surface area (Å²) in [7, 11) is 1.68. The molecule has 3 N–H and O–H groups in total. The van der Waals surface area contributed by atoms with Gasteiger partial charge in [-0.25, -0.2) is 9.97 Å². The van der Waals surface area contributed by atoms with Crippen LogP contribution in [0.15, 0.2) is 49.1 Å². The van der Waals surface area contributed by atoms with Gasteiger partial charge >= 0.3 is 0 Å². The summed E-state index contributed by atoms with van der Waals surface area (Å²) in [6.07, 6.45) is 12.9. The van der Waals surface area contributed by atoms with Crippen molar-refractivity contribution in [2.45, 2.75) is 64.5 Å². The molecule has 37 heavy (non-hydrogen) atoms. The zero-order valence-electron chi connectivity index (χ0n) is 21.9. The molecule has 9 heteroatoms. The van der Waals surface area contributed by atoms with Crippen molar-refractivity contribution in [3.05, 3.63) is 60.3 Å². The van der Waals surface area contributed by atoms with Crippen LogP contribution in [0, 0.1) is 6.92 Å². The monoisotopic (exact) mass is 522 g/mol. The molecule has 2 heterocycles. The summed E-state index contributed by atoms with van der Waals surface area (Å²) in [5, 5.41) is 4.23. The van der Waals surface area contributed by atoms with Gasteiger partial charge in [0.2, 0.25) is 0 Å². The number of nitrogens with one attached hydrogen (secondary N) is 1. The normalized spacial score (nSPS) is 13.1. The van der Waals surface area contributed by atoms with E-state index in [1.165, 1.54) is 17.7 Å². The molecule has 1 aliphatic rings. The molecule has 0 bridgehead atoms. The fourth-order valence-corrected chi connectivity index (χ4v) is 4.83. The summed E-state index contributed by atoms with van der Waals surface area (Å²) in [6.45, 7) is 4.42. The third-order valence-electron chi connectivity index (χ3n) is 6.82. The van der Waals surface area contributed by atoms with Gasteiger partial charge in [-0.2, -0.15) is 0 Å². The fraction of sp³-hybridized carbons (Fsp3) is 0.464. The lowest BCUT2D eigenvalue weighted by atomic mass is 9.91. The van der Waals surface area contributed by atoms with Crippen molar-refractivity contribution in [1.29, 1.82) is 0 Å². The standard InChI is InChI=1S/C28H38N6O2S/c1-21-19-30-20-33(21)15-6-13-32-28(37)34(23-8-5-9-23)24-10-11-25(26(18-24)35-2)36-16-4-3-7-22-12-14-31-27(29)17-22/h10-12,14,17-20,23H,3-9,13,15-16H2,1-2H3,(H2,29,31)(H,32,37). The minimum atomic E-state index is 0.412. The molecule has 0 unspecified atom stereocenters. The van der Waals surface area contributed by atoms with E-state index in [0.29, 0.717) is 18.5 Å². The molecular weight excluding hydrogens is 484 g/mol. The topological polar surface area (TPSA) is 90.5 Å². The van der Waals surface area contributed by atoms with Gasteiger partial charge in [0.1, 0.15) is 5.82 Å². The lowest BCUT2D eigenvalue weighted by Crippen LogP contribution is -2.49. The van der Waals surface area contributed by atoms with Crippen LogP contribution in [0.2, 0.25) is 0 Å². The van der Waals surface area contributed by atoms with Crippen LogP contribution in [0.4, 0.5) is 11.5 Å². The maximum Gasteiger partial charge on any atom is 0.173 e. The largest absolute Gasteiger partial charge is 0.493 e. The van der Waals surface area contributed by atoms with E-state index < -0.39 is 0 Å². The summed E-state index contributed by atoms with van der Waals surface area (Å²) in [4.78, 5) is 10.5. The summed E-state index contributed by atoms with van der Waals surface area (Å²) < 4.78 is 13.9. The van der Waals surface area contributed by atoms with Gasteiger partial charge in [-0.05, 0) is 93.9 Å². The average Bonchev–Trinajstić information content (AvgIpc) is 3.28. The van der Waals surface area contributed by atoms with Gasteiger partial charge in [-0.3, -0.25) is 0 Å². The smallest absolute Gasteiger partial charge is 0.173 e. The number of anilines is 2. The van der Waals surface area contributed by atoms with Gasteiger partial charge in [0, 0.05) is 49.0 Å². The van der Waals surface area contributed by atoms with Gasteiger partial charge in [-0.1, -0.05) is 0 Å². The molecule has 0 amide bonds. The zero-order chi connectivity index (χ0) is 26.0. The van der Waals surface area contributed by atoms with Crippen molar-refractivity contribution >= 4 is 28.8 Å². The highest BCUT2D eigenvalue weighted by atomic mass is 32.1. The first-order valence-corrected chi connectivity index (χ1v) is 13.5. The predicted molar refractivity (Wildman–Crippen MR) is 152 cm³/mol. The van der Waals surface area contributed by atoms with Crippen LogP contribution >= 0.6 is 12.2 Å². The molecule has 1 fully saturated rings. The molecule has 0 atom stereocenters. The summed E-state index contributed by atoms with van der Waals surface area (Å²) in [5.41, 5.74) is 9.17. The van der Waals surface area contributed by atoms with Crippen LogP contribution < -0.4 is 25.4 Å². The molecular formula is C28H38N6O2S. The second-order valence-corrected chi connectivity index (χ2v) is 9.89. The Morgan fingerprint density at radius 2 is 2.05 bits per heavy atom. The van der Waals surface area contributed by atoms with Crippen LogP contribution in [-0.2, 0) is 13.0 Å². The van der Waals surface area contributed by atoms with E-state index in [9.17, 15) is 0 Å². The van der Waals surface area contributed by atoms with Crippen molar-refractivity contribution in [1.82, 2.24) is 19.9 Å². The van der Waals surface area contributed by atoms with Gasteiger partial charge in [-0.15, -0.1) is 0 Å². The van der Waals surface area contributed by atoms with E-state index >= 15 is 0 Å². The first-order valence-electron chi connectivity index (χ1n) is 13.1. The predicted octanol–water partition coefficient (Wildman–Crippen LogP) is 4.90. The molecule has 2 aromatic heterocycles. The van der Waals surface area contributed by atoms with Crippen LogP contribution in [0.5, 0.6) is 11.5 Å². The lowest BCUT2D eigenvalue weighted by Gasteiger charge is -2.39. The first kappa shape index (κ1) is 26.7. The minimum Gasteiger partial charge on any atom is -0.493 e. The molecule has 8 nitrogen and oxygen atoms in total. The number of nitrogens with zero attached hydrogens (tertiary/aromatic N) is 4. The van der Waals surface area contributed by atoms with E-state index in [4.69, 9.17) is 27.4 Å². The van der Waals surface area contributed by atoms with E-state index in [1.807, 2.05) is 36.8 Å². The number of ether oxygens (including phenoxy) is 2. The van der Waals surface area contributed by atoms with E-state index in [-0.39, 0.29) is 0 Å². The maximum atomic E-state index is 6.07. The zero-order valence-corrected chi connectivity index (χ0v) is 22.7. The molecule has 0 saturated heterocycles. The Kier molecular flexibility index (Phi) is 9.59. The van der Waals surface area contributed by atoms with E-state index in [1.54, 1.807) is 13.3 Å². The third-order valence-corrected chi connectivity index (χ3v) is 7.16. The second-order valence-electron chi connectivity index (χ2n) is 9.50. The molecule has 1 saturated carbocycles. The highest BCUT2D eigenvalue weighted by Crippen LogP contribution is 2.36. The highest BCUT2D eigenvalue weighted by Gasteiger charge is 2.28. The fourth-order valence-electron chi connectivity index (χ4n) is 4.48. The number of unbranched alkanes of at least 4 members (excludes halogenated alkanes) is 1. The Balaban J connectivity index is 1.30. The van der Waals surface area contributed by atoms with Gasteiger partial charge in [0.15, 0.2) is 16.6 Å². The average molecular weight is 523 g/mol. The highest BCUT2D eigenvalue weighted by molar-refractivity contribution is 7.80. The summed E-state index contributed by atoms with van der Waals surface area (Å²) >= 11 is 5.84. The van der Waals surface area contributed by atoms with Crippen LogP contribution in [0.1, 0.15) is 49.8 Å². The van der Waals surface area contributed by atoms with Crippen LogP contribution in [0.3, 0.4) is 0 Å². The van der Waals surface area contributed by atoms with Crippen molar-refractivity contribution in [2.24, 2.45) is 0 Å². The SMILES string of the molecule is COc1cc(N(C(=S)NCCCn2cncc2C)C2CCC2)ccc1OCCCCc1ccnc(N)c1. The van der Waals surface area contributed by atoms with Crippen molar-refractivity contribution in [2.75, 3.05) is 30.9 Å². The number of nitrogen functional groups attached to an aromatic ring is 1. The van der Waals surface area contributed by atoms with Gasteiger partial charge in [0.25, 0.3) is 0 Å². The number of thiocarbonyl (C=S) groups is 1. The molecule has 0 spiro atoms. The molecule has 3 aromatic rings. The Labute approximate surface area is 225 Å². The number of imidazole rings is 1. The van der Waals surface area contributed by atoms with Gasteiger partial charge < -0.3 is 30.0 Å². The number of pyridine rings is 1. The maximum absolute atomic E-state index is 6.07. The number of methoxy groups -OCH3 is 1. The second kappa shape index (κ2) is 13.3. The Hall–Kier alpha value is -3.33. The van der Waals surface area contributed by atoms with Crippen LogP contribution in [-0.4, -0.2) is 46.0 Å². The molecule has 0 aliphatic heterocycles. The molecule has 1 aromatic carbocycles.